The number of pyridine rings is 1. The van der Waals surface area contributed by atoms with Gasteiger partial charge < -0.3 is 19.1 Å². The Bertz CT molecular complexity index is 1140. The highest BCUT2D eigenvalue weighted by atomic mass is 16.6. The van der Waals surface area contributed by atoms with E-state index in [1.807, 2.05) is 54.1 Å². The number of aromatic nitrogens is 4. The minimum Gasteiger partial charge on any atom is -0.491 e. The summed E-state index contributed by atoms with van der Waals surface area (Å²) in [5, 5.41) is 12.5. The van der Waals surface area contributed by atoms with Gasteiger partial charge in [-0.2, -0.15) is 0 Å². The standard InChI is InChI=1S/C21H20N4O3/c1-13-2-3-14-4-5-16(8-17(14)24-13)27-11-19-18(26)9-20(28-19)25-7-6-15-10-22-12-23-21(15)25/h2-8,10,12,18-20,26H,9,11H2,1H3/t18-,19+,20+/m0/s1. The number of aryl methyl sites for hydroxylation is 1. The second-order valence-electron chi connectivity index (χ2n) is 7.08. The molecule has 0 amide bonds. The van der Waals surface area contributed by atoms with E-state index in [1.54, 1.807) is 6.20 Å². The number of hydrogen-bond donors (Lipinski definition) is 1. The van der Waals surface area contributed by atoms with Crippen LogP contribution in [-0.4, -0.2) is 43.4 Å². The highest BCUT2D eigenvalue weighted by Crippen LogP contribution is 2.32. The van der Waals surface area contributed by atoms with Crippen LogP contribution in [0.3, 0.4) is 0 Å². The zero-order valence-corrected chi connectivity index (χ0v) is 15.4. The Morgan fingerprint density at radius 2 is 2.11 bits per heavy atom. The van der Waals surface area contributed by atoms with Crippen molar-refractivity contribution in [3.05, 3.63) is 60.8 Å². The lowest BCUT2D eigenvalue weighted by atomic mass is 10.2. The van der Waals surface area contributed by atoms with Gasteiger partial charge >= 0.3 is 0 Å². The summed E-state index contributed by atoms with van der Waals surface area (Å²) >= 11 is 0. The average molecular weight is 376 g/mol. The zero-order chi connectivity index (χ0) is 19.1. The van der Waals surface area contributed by atoms with Gasteiger partial charge in [0.15, 0.2) is 0 Å². The van der Waals surface area contributed by atoms with E-state index in [0.29, 0.717) is 12.2 Å². The molecule has 1 aliphatic heterocycles. The first kappa shape index (κ1) is 17.1. The topological polar surface area (TPSA) is 82.3 Å². The third-order valence-corrected chi connectivity index (χ3v) is 5.11. The van der Waals surface area contributed by atoms with Gasteiger partial charge in [0.05, 0.1) is 11.6 Å². The van der Waals surface area contributed by atoms with E-state index >= 15 is 0 Å². The van der Waals surface area contributed by atoms with Gasteiger partial charge in [-0.3, -0.25) is 4.98 Å². The number of nitrogens with zero attached hydrogens (tertiary/aromatic N) is 4. The molecule has 4 aromatic rings. The molecule has 0 radical (unpaired) electrons. The van der Waals surface area contributed by atoms with Crippen molar-refractivity contribution in [3.63, 3.8) is 0 Å². The third kappa shape index (κ3) is 3.08. The molecule has 0 unspecified atom stereocenters. The lowest BCUT2D eigenvalue weighted by Gasteiger charge is -2.17. The smallest absolute Gasteiger partial charge is 0.145 e. The van der Waals surface area contributed by atoms with E-state index in [-0.39, 0.29) is 12.8 Å². The molecule has 1 aliphatic rings. The molecule has 1 saturated heterocycles. The predicted molar refractivity (Wildman–Crippen MR) is 104 cm³/mol. The molecule has 1 fully saturated rings. The Morgan fingerprint density at radius 3 is 3.04 bits per heavy atom. The van der Waals surface area contributed by atoms with E-state index < -0.39 is 12.2 Å². The molecule has 0 bridgehead atoms. The Labute approximate surface area is 161 Å². The lowest BCUT2D eigenvalue weighted by Crippen LogP contribution is -2.28. The van der Waals surface area contributed by atoms with Crippen LogP contribution in [0.2, 0.25) is 0 Å². The fraction of sp³-hybridized carbons (Fsp3) is 0.286. The van der Waals surface area contributed by atoms with Gasteiger partial charge in [0.2, 0.25) is 0 Å². The van der Waals surface area contributed by atoms with Crippen LogP contribution in [0, 0.1) is 6.92 Å². The normalized spacial score (nSPS) is 22.1. The predicted octanol–water partition coefficient (Wildman–Crippen LogP) is 3.02. The fourth-order valence-electron chi connectivity index (χ4n) is 3.63. The molecule has 0 saturated carbocycles. The largest absolute Gasteiger partial charge is 0.491 e. The first-order valence-corrected chi connectivity index (χ1v) is 9.28. The molecule has 3 atom stereocenters. The van der Waals surface area contributed by atoms with Crippen LogP contribution in [0.25, 0.3) is 21.9 Å². The zero-order valence-electron chi connectivity index (χ0n) is 15.4. The molecule has 4 heterocycles. The van der Waals surface area contributed by atoms with Crippen LogP contribution in [0.5, 0.6) is 5.75 Å². The molecule has 3 aromatic heterocycles. The maximum absolute atomic E-state index is 10.5. The van der Waals surface area contributed by atoms with Crippen molar-refractivity contribution in [2.75, 3.05) is 6.61 Å². The van der Waals surface area contributed by atoms with E-state index in [9.17, 15) is 5.11 Å². The van der Waals surface area contributed by atoms with Gasteiger partial charge in [0.25, 0.3) is 0 Å². The maximum atomic E-state index is 10.5. The summed E-state index contributed by atoms with van der Waals surface area (Å²) in [5.41, 5.74) is 2.65. The fourth-order valence-corrected chi connectivity index (χ4v) is 3.63. The van der Waals surface area contributed by atoms with Crippen LogP contribution < -0.4 is 4.74 Å². The number of benzene rings is 1. The van der Waals surface area contributed by atoms with Gasteiger partial charge in [-0.15, -0.1) is 0 Å². The summed E-state index contributed by atoms with van der Waals surface area (Å²) in [5.74, 6) is 0.712. The highest BCUT2D eigenvalue weighted by Gasteiger charge is 2.36. The van der Waals surface area contributed by atoms with E-state index in [2.05, 4.69) is 15.0 Å². The molecule has 7 nitrogen and oxygen atoms in total. The number of aliphatic hydroxyl groups excluding tert-OH is 1. The van der Waals surface area contributed by atoms with Crippen molar-refractivity contribution in [1.82, 2.24) is 19.5 Å². The summed E-state index contributed by atoms with van der Waals surface area (Å²) in [6.07, 6.45) is 4.38. The Balaban J connectivity index is 1.30. The summed E-state index contributed by atoms with van der Waals surface area (Å²) in [4.78, 5) is 12.9. The van der Waals surface area contributed by atoms with Crippen LogP contribution in [0.15, 0.2) is 55.1 Å². The first-order chi connectivity index (χ1) is 13.7. The molecule has 142 valence electrons. The molecular formula is C21H20N4O3. The van der Waals surface area contributed by atoms with Gasteiger partial charge in [-0.1, -0.05) is 6.07 Å². The van der Waals surface area contributed by atoms with Gasteiger partial charge in [0, 0.05) is 41.3 Å². The quantitative estimate of drug-likeness (QED) is 0.590. The minimum absolute atomic E-state index is 0.267. The molecule has 7 heteroatoms. The van der Waals surface area contributed by atoms with Crippen LogP contribution in [-0.2, 0) is 4.74 Å². The second-order valence-corrected chi connectivity index (χ2v) is 7.08. The molecule has 0 aliphatic carbocycles. The average Bonchev–Trinajstić information content (AvgIpc) is 3.29. The van der Waals surface area contributed by atoms with Gasteiger partial charge in [-0.25, -0.2) is 9.97 Å². The summed E-state index contributed by atoms with van der Waals surface area (Å²) in [7, 11) is 0. The van der Waals surface area contributed by atoms with Crippen LogP contribution in [0.1, 0.15) is 18.3 Å². The summed E-state index contributed by atoms with van der Waals surface area (Å²) < 4.78 is 13.9. The highest BCUT2D eigenvalue weighted by molar-refractivity contribution is 5.80. The van der Waals surface area contributed by atoms with Crippen molar-refractivity contribution in [2.45, 2.75) is 31.8 Å². The molecule has 1 aromatic carbocycles. The van der Waals surface area contributed by atoms with Gasteiger partial charge in [0.1, 0.15) is 36.7 Å². The second kappa shape index (κ2) is 6.85. The Hall–Kier alpha value is -3.03. The first-order valence-electron chi connectivity index (χ1n) is 9.28. The SMILES string of the molecule is Cc1ccc2ccc(OC[C@H]3O[C@@H](n4ccc5cncnc54)C[C@@H]3O)cc2n1. The Kier molecular flexibility index (Phi) is 4.18. The molecule has 28 heavy (non-hydrogen) atoms. The Morgan fingerprint density at radius 1 is 1.21 bits per heavy atom. The van der Waals surface area contributed by atoms with Crippen molar-refractivity contribution in [2.24, 2.45) is 0 Å². The van der Waals surface area contributed by atoms with E-state index in [0.717, 1.165) is 27.6 Å². The van der Waals surface area contributed by atoms with Gasteiger partial charge in [-0.05, 0) is 31.2 Å². The van der Waals surface area contributed by atoms with Crippen molar-refractivity contribution >= 4 is 21.9 Å². The van der Waals surface area contributed by atoms with Crippen molar-refractivity contribution in [3.8, 4) is 5.75 Å². The van der Waals surface area contributed by atoms with Crippen molar-refractivity contribution in [1.29, 1.82) is 0 Å². The number of aliphatic hydroxyl groups is 1. The summed E-state index contributed by atoms with van der Waals surface area (Å²) in [6, 6.07) is 11.8. The lowest BCUT2D eigenvalue weighted by molar-refractivity contribution is -0.0379. The molecule has 1 N–H and O–H groups in total. The van der Waals surface area contributed by atoms with E-state index in [4.69, 9.17) is 9.47 Å². The number of hydrogen-bond acceptors (Lipinski definition) is 6. The number of fused-ring (bicyclic) bond motifs is 2. The van der Waals surface area contributed by atoms with Crippen LogP contribution >= 0.6 is 0 Å². The van der Waals surface area contributed by atoms with Crippen LogP contribution in [0.4, 0.5) is 0 Å². The number of rotatable bonds is 4. The summed E-state index contributed by atoms with van der Waals surface area (Å²) in [6.45, 7) is 2.23. The molecule has 5 rings (SSSR count). The third-order valence-electron chi connectivity index (χ3n) is 5.11. The minimum atomic E-state index is -0.606. The number of ether oxygens (including phenoxy) is 2. The molecular weight excluding hydrogens is 356 g/mol. The molecule has 0 spiro atoms. The van der Waals surface area contributed by atoms with E-state index in [1.165, 1.54) is 6.33 Å². The van der Waals surface area contributed by atoms with Crippen molar-refractivity contribution < 1.29 is 14.6 Å². The monoisotopic (exact) mass is 376 g/mol. The maximum Gasteiger partial charge on any atom is 0.145 e.